The van der Waals surface area contributed by atoms with Gasteiger partial charge in [0.25, 0.3) is 0 Å². The third kappa shape index (κ3) is 3.44. The lowest BCUT2D eigenvalue weighted by molar-refractivity contribution is 0.530. The maximum atomic E-state index is 4.34. The average Bonchev–Trinajstić information content (AvgIpc) is 2.87. The van der Waals surface area contributed by atoms with Crippen molar-refractivity contribution < 1.29 is 0 Å². The van der Waals surface area contributed by atoms with Crippen molar-refractivity contribution in [3.8, 4) is 0 Å². The fraction of sp³-hybridized carbons (Fsp3) is 0.500. The number of nitrogens with zero attached hydrogens (tertiary/aromatic N) is 2. The summed E-state index contributed by atoms with van der Waals surface area (Å²) in [7, 11) is 2.00. The van der Waals surface area contributed by atoms with E-state index in [1.54, 1.807) is 0 Å². The van der Waals surface area contributed by atoms with E-state index in [1.807, 2.05) is 7.05 Å². The first-order valence-electron chi connectivity index (χ1n) is 6.97. The largest absolute Gasteiger partial charge is 0.312 e. The van der Waals surface area contributed by atoms with Crippen LogP contribution in [0, 0.1) is 6.92 Å². The number of aromatic nitrogens is 2. The molecular formula is C16H23N3S. The molecule has 3 nitrogen and oxygen atoms in total. The topological polar surface area (TPSA) is 37.8 Å². The zero-order valence-electron chi connectivity index (χ0n) is 12.9. The van der Waals surface area contributed by atoms with E-state index in [-0.39, 0.29) is 11.5 Å². The number of hydrogen-bond donors (Lipinski definition) is 1. The average molecular weight is 289 g/mol. The van der Waals surface area contributed by atoms with E-state index in [1.165, 1.54) is 27.5 Å². The van der Waals surface area contributed by atoms with Crippen molar-refractivity contribution in [3.63, 3.8) is 0 Å². The van der Waals surface area contributed by atoms with Crippen LogP contribution in [0.5, 0.6) is 0 Å². The Bertz CT molecular complexity index is 552. The van der Waals surface area contributed by atoms with Crippen LogP contribution in [-0.4, -0.2) is 16.6 Å². The van der Waals surface area contributed by atoms with Crippen LogP contribution in [0.1, 0.15) is 48.5 Å². The normalized spacial score (nSPS) is 13.4. The smallest absolute Gasteiger partial charge is 0.0857 e. The summed E-state index contributed by atoms with van der Waals surface area (Å²) in [5.41, 5.74) is 3.77. The van der Waals surface area contributed by atoms with E-state index in [0.717, 1.165) is 12.1 Å². The lowest BCUT2D eigenvalue weighted by atomic mass is 9.89. The Morgan fingerprint density at radius 2 is 1.85 bits per heavy atom. The summed E-state index contributed by atoms with van der Waals surface area (Å²) >= 11 is 1.51. The molecule has 20 heavy (non-hydrogen) atoms. The van der Waals surface area contributed by atoms with Crippen LogP contribution in [0.25, 0.3) is 0 Å². The highest BCUT2D eigenvalue weighted by Gasteiger charge is 2.26. The van der Waals surface area contributed by atoms with Gasteiger partial charge in [-0.3, -0.25) is 0 Å². The molecule has 1 aromatic heterocycles. The quantitative estimate of drug-likeness (QED) is 0.933. The van der Waals surface area contributed by atoms with Crippen molar-refractivity contribution in [2.24, 2.45) is 0 Å². The van der Waals surface area contributed by atoms with E-state index >= 15 is 0 Å². The fourth-order valence-electron chi connectivity index (χ4n) is 2.23. The van der Waals surface area contributed by atoms with Gasteiger partial charge in [0.1, 0.15) is 0 Å². The predicted molar refractivity (Wildman–Crippen MR) is 85.3 cm³/mol. The van der Waals surface area contributed by atoms with Gasteiger partial charge in [-0.2, -0.15) is 0 Å². The Labute approximate surface area is 125 Å². The summed E-state index contributed by atoms with van der Waals surface area (Å²) in [4.78, 5) is 1.25. The van der Waals surface area contributed by atoms with Crippen LogP contribution in [0.15, 0.2) is 24.3 Å². The Morgan fingerprint density at radius 3 is 2.40 bits per heavy atom. The fourth-order valence-corrected chi connectivity index (χ4v) is 3.20. The number of nitrogens with one attached hydrogen (secondary N) is 1. The van der Waals surface area contributed by atoms with E-state index < -0.39 is 0 Å². The molecule has 0 bridgehead atoms. The SMILES string of the molecule is CNC(Cc1ccc(C)cc1)c1snnc1C(C)(C)C. The van der Waals surface area contributed by atoms with Crippen molar-refractivity contribution in [3.05, 3.63) is 46.0 Å². The van der Waals surface area contributed by atoms with Crippen molar-refractivity contribution in [2.45, 2.75) is 45.6 Å². The van der Waals surface area contributed by atoms with Gasteiger partial charge >= 0.3 is 0 Å². The molecule has 0 saturated heterocycles. The molecule has 0 aliphatic rings. The minimum Gasteiger partial charge on any atom is -0.312 e. The van der Waals surface area contributed by atoms with E-state index in [4.69, 9.17) is 0 Å². The summed E-state index contributed by atoms with van der Waals surface area (Å²) in [5, 5.41) is 7.75. The summed E-state index contributed by atoms with van der Waals surface area (Å²) < 4.78 is 4.16. The highest BCUT2D eigenvalue weighted by Crippen LogP contribution is 2.31. The van der Waals surface area contributed by atoms with Crippen LogP contribution < -0.4 is 5.32 Å². The molecule has 1 heterocycles. The van der Waals surface area contributed by atoms with Gasteiger partial charge < -0.3 is 5.32 Å². The van der Waals surface area contributed by atoms with Crippen molar-refractivity contribution >= 4 is 11.5 Å². The molecule has 1 aromatic carbocycles. The predicted octanol–water partition coefficient (Wildman–Crippen LogP) is 3.65. The van der Waals surface area contributed by atoms with Crippen molar-refractivity contribution in [1.29, 1.82) is 0 Å². The summed E-state index contributed by atoms with van der Waals surface area (Å²) in [6, 6.07) is 9.00. The number of aryl methyl sites for hydroxylation is 1. The Kier molecular flexibility index (Phi) is 4.55. The third-order valence-corrected chi connectivity index (χ3v) is 4.29. The molecule has 1 atom stereocenters. The van der Waals surface area contributed by atoms with E-state index in [9.17, 15) is 0 Å². The van der Waals surface area contributed by atoms with Crippen LogP contribution in [0.3, 0.4) is 0 Å². The van der Waals surface area contributed by atoms with Crippen LogP contribution in [0.4, 0.5) is 0 Å². The molecule has 108 valence electrons. The molecule has 1 N–H and O–H groups in total. The summed E-state index contributed by atoms with van der Waals surface area (Å²) in [6.45, 7) is 8.67. The van der Waals surface area contributed by atoms with Gasteiger partial charge in [0.2, 0.25) is 0 Å². The molecule has 4 heteroatoms. The van der Waals surface area contributed by atoms with E-state index in [0.29, 0.717) is 0 Å². The van der Waals surface area contributed by atoms with Crippen LogP contribution >= 0.6 is 11.5 Å². The third-order valence-electron chi connectivity index (χ3n) is 3.45. The van der Waals surface area contributed by atoms with Gasteiger partial charge in [-0.25, -0.2) is 0 Å². The molecule has 0 amide bonds. The maximum absolute atomic E-state index is 4.34. The molecule has 0 aliphatic carbocycles. The molecule has 1 unspecified atom stereocenters. The van der Waals surface area contributed by atoms with Crippen molar-refractivity contribution in [1.82, 2.24) is 14.9 Å². The lowest BCUT2D eigenvalue weighted by Crippen LogP contribution is -2.23. The maximum Gasteiger partial charge on any atom is 0.0857 e. The molecule has 0 aliphatic heterocycles. The molecule has 0 spiro atoms. The second kappa shape index (κ2) is 6.02. The number of hydrogen-bond acceptors (Lipinski definition) is 4. The first-order chi connectivity index (χ1) is 9.41. The van der Waals surface area contributed by atoms with Gasteiger partial charge in [0.15, 0.2) is 0 Å². The first kappa shape index (κ1) is 15.1. The Morgan fingerprint density at radius 1 is 1.20 bits per heavy atom. The van der Waals surface area contributed by atoms with Gasteiger partial charge in [-0.05, 0) is 37.5 Å². The molecule has 2 rings (SSSR count). The van der Waals surface area contributed by atoms with Gasteiger partial charge in [0, 0.05) is 11.5 Å². The van der Waals surface area contributed by atoms with Gasteiger partial charge in [-0.15, -0.1) is 5.10 Å². The molecular weight excluding hydrogens is 266 g/mol. The Balaban J connectivity index is 2.25. The van der Waals surface area contributed by atoms with Crippen LogP contribution in [0.2, 0.25) is 0 Å². The molecule has 0 fully saturated rings. The zero-order valence-corrected chi connectivity index (χ0v) is 13.7. The highest BCUT2D eigenvalue weighted by molar-refractivity contribution is 7.05. The minimum atomic E-state index is 0.0324. The molecule has 2 aromatic rings. The van der Waals surface area contributed by atoms with Crippen molar-refractivity contribution in [2.75, 3.05) is 7.05 Å². The molecule has 0 saturated carbocycles. The van der Waals surface area contributed by atoms with Gasteiger partial charge in [0.05, 0.1) is 10.6 Å². The summed E-state index contributed by atoms with van der Waals surface area (Å²) in [5.74, 6) is 0. The second-order valence-electron chi connectivity index (χ2n) is 6.27. The minimum absolute atomic E-state index is 0.0324. The highest BCUT2D eigenvalue weighted by atomic mass is 32.1. The standard InChI is InChI=1S/C16H23N3S/c1-11-6-8-12(9-7-11)10-13(17-5)14-15(16(2,3)4)18-19-20-14/h6-9,13,17H,10H2,1-5H3. The number of likely N-dealkylation sites (N-methyl/N-ethyl adjacent to an activating group) is 1. The van der Waals surface area contributed by atoms with Gasteiger partial charge in [-0.1, -0.05) is 55.1 Å². The van der Waals surface area contributed by atoms with E-state index in [2.05, 4.69) is 66.9 Å². The Hall–Kier alpha value is -1.26. The second-order valence-corrected chi connectivity index (χ2v) is 7.05. The number of benzene rings is 1. The monoisotopic (exact) mass is 289 g/mol. The first-order valence-corrected chi connectivity index (χ1v) is 7.74. The summed E-state index contributed by atoms with van der Waals surface area (Å²) in [6.07, 6.45) is 0.962. The number of rotatable bonds is 4. The lowest BCUT2D eigenvalue weighted by Gasteiger charge is -2.21. The molecule has 0 radical (unpaired) electrons. The van der Waals surface area contributed by atoms with Crippen LogP contribution in [-0.2, 0) is 11.8 Å². The zero-order chi connectivity index (χ0) is 14.8.